The lowest BCUT2D eigenvalue weighted by Crippen LogP contribution is -2.01. The van der Waals surface area contributed by atoms with Crippen LogP contribution < -0.4 is 15.2 Å². The van der Waals surface area contributed by atoms with Crippen molar-refractivity contribution in [1.82, 2.24) is 4.98 Å². The molecule has 2 aromatic carbocycles. The Morgan fingerprint density at radius 2 is 1.62 bits per heavy atom. The van der Waals surface area contributed by atoms with Gasteiger partial charge in [0.1, 0.15) is 17.3 Å². The molecular weight excluding hydrogens is 310 g/mol. The van der Waals surface area contributed by atoms with Gasteiger partial charge in [0.2, 0.25) is 0 Å². The number of nitrogens with two attached hydrogens (primary N) is 1. The van der Waals surface area contributed by atoms with Crippen molar-refractivity contribution in [2.24, 2.45) is 0 Å². The quantitative estimate of drug-likeness (QED) is 0.583. The lowest BCUT2D eigenvalue weighted by Gasteiger charge is -2.10. The molecule has 2 N–H and O–H groups in total. The van der Waals surface area contributed by atoms with Crippen LogP contribution in [0.4, 0.5) is 11.5 Å². The van der Waals surface area contributed by atoms with Crippen LogP contribution in [0.3, 0.4) is 0 Å². The Morgan fingerprint density at radius 3 is 2.21 bits per heavy atom. The summed E-state index contributed by atoms with van der Waals surface area (Å²) in [5.74, 6) is 1.42. The van der Waals surface area contributed by atoms with Gasteiger partial charge in [-0.1, -0.05) is 0 Å². The van der Waals surface area contributed by atoms with Gasteiger partial charge >= 0.3 is 5.69 Å². The average Bonchev–Trinajstić information content (AvgIpc) is 2.61. The van der Waals surface area contributed by atoms with Gasteiger partial charge in [0, 0.05) is 10.9 Å². The van der Waals surface area contributed by atoms with Crippen molar-refractivity contribution in [2.75, 3.05) is 20.0 Å². The molecule has 0 atom stereocenters. The van der Waals surface area contributed by atoms with E-state index in [4.69, 9.17) is 15.2 Å². The lowest BCUT2D eigenvalue weighted by atomic mass is 10.0. The Kier molecular flexibility index (Phi) is 3.91. The first-order valence-electron chi connectivity index (χ1n) is 7.11. The monoisotopic (exact) mass is 325 g/mol. The minimum absolute atomic E-state index is 0.0907. The van der Waals surface area contributed by atoms with Crippen molar-refractivity contribution in [1.29, 1.82) is 0 Å². The van der Waals surface area contributed by atoms with Crippen LogP contribution in [0.1, 0.15) is 0 Å². The third kappa shape index (κ3) is 2.56. The molecule has 24 heavy (non-hydrogen) atoms. The number of nitrogen functional groups attached to an aromatic ring is 1. The molecule has 1 heterocycles. The molecule has 0 amide bonds. The van der Waals surface area contributed by atoms with E-state index in [2.05, 4.69) is 4.98 Å². The molecule has 0 unspecified atom stereocenters. The number of nitrogens with zero attached hydrogens (tertiary/aromatic N) is 2. The van der Waals surface area contributed by atoms with Crippen molar-refractivity contribution in [3.63, 3.8) is 0 Å². The van der Waals surface area contributed by atoms with Gasteiger partial charge in [-0.25, -0.2) is 4.98 Å². The fourth-order valence-electron chi connectivity index (χ4n) is 2.56. The summed E-state index contributed by atoms with van der Waals surface area (Å²) in [6, 6.07) is 11.8. The lowest BCUT2D eigenvalue weighted by molar-refractivity contribution is -0.382. The summed E-state index contributed by atoms with van der Waals surface area (Å²) in [5.41, 5.74) is 6.75. The Morgan fingerprint density at radius 1 is 1.00 bits per heavy atom. The number of aromatic nitrogens is 1. The van der Waals surface area contributed by atoms with Gasteiger partial charge in [0.25, 0.3) is 0 Å². The summed E-state index contributed by atoms with van der Waals surface area (Å²) < 4.78 is 10.3. The van der Waals surface area contributed by atoms with E-state index in [-0.39, 0.29) is 17.2 Å². The van der Waals surface area contributed by atoms with Gasteiger partial charge < -0.3 is 15.2 Å². The average molecular weight is 325 g/mol. The highest BCUT2D eigenvalue weighted by molar-refractivity contribution is 6.02. The Hall–Kier alpha value is -3.35. The van der Waals surface area contributed by atoms with Crippen molar-refractivity contribution < 1.29 is 14.4 Å². The number of rotatable bonds is 4. The van der Waals surface area contributed by atoms with Gasteiger partial charge in [-0.15, -0.1) is 0 Å². The summed E-state index contributed by atoms with van der Waals surface area (Å²) in [5, 5.41) is 12.6. The van der Waals surface area contributed by atoms with E-state index in [1.807, 2.05) is 0 Å². The topological polar surface area (TPSA) is 101 Å². The van der Waals surface area contributed by atoms with Crippen molar-refractivity contribution in [3.05, 3.63) is 52.6 Å². The number of hydrogen-bond acceptors (Lipinski definition) is 6. The molecule has 3 rings (SSSR count). The molecule has 0 aliphatic rings. The van der Waals surface area contributed by atoms with E-state index in [1.165, 1.54) is 7.11 Å². The predicted octanol–water partition coefficient (Wildman–Crippen LogP) is 3.41. The van der Waals surface area contributed by atoms with Gasteiger partial charge in [0.05, 0.1) is 24.5 Å². The predicted molar refractivity (Wildman–Crippen MR) is 91.3 cm³/mol. The first-order valence-corrected chi connectivity index (χ1v) is 7.11. The molecule has 0 aliphatic carbocycles. The third-order valence-electron chi connectivity index (χ3n) is 3.76. The number of benzene rings is 2. The first-order chi connectivity index (χ1) is 11.5. The van der Waals surface area contributed by atoms with Crippen LogP contribution in [0.5, 0.6) is 11.5 Å². The van der Waals surface area contributed by atoms with Crippen LogP contribution in [0.15, 0.2) is 42.5 Å². The molecule has 7 nitrogen and oxygen atoms in total. The molecule has 0 spiro atoms. The van der Waals surface area contributed by atoms with E-state index in [9.17, 15) is 10.1 Å². The van der Waals surface area contributed by atoms with Crippen LogP contribution in [0, 0.1) is 10.1 Å². The van der Waals surface area contributed by atoms with Crippen LogP contribution in [0.2, 0.25) is 0 Å². The fraction of sp³-hybridized carbons (Fsp3) is 0.118. The molecule has 0 saturated heterocycles. The summed E-state index contributed by atoms with van der Waals surface area (Å²) >= 11 is 0. The summed E-state index contributed by atoms with van der Waals surface area (Å²) in [6.07, 6.45) is 0. The molecule has 3 aromatic rings. The second kappa shape index (κ2) is 6.04. The minimum atomic E-state index is -0.444. The van der Waals surface area contributed by atoms with Crippen molar-refractivity contribution in [2.45, 2.75) is 0 Å². The highest BCUT2D eigenvalue weighted by Crippen LogP contribution is 2.38. The third-order valence-corrected chi connectivity index (χ3v) is 3.76. The zero-order valence-corrected chi connectivity index (χ0v) is 13.1. The van der Waals surface area contributed by atoms with E-state index >= 15 is 0 Å². The molecule has 7 heteroatoms. The number of hydrogen-bond donors (Lipinski definition) is 1. The molecule has 1 aromatic heterocycles. The van der Waals surface area contributed by atoms with E-state index < -0.39 is 4.92 Å². The molecule has 0 saturated carbocycles. The van der Waals surface area contributed by atoms with Crippen LogP contribution in [0.25, 0.3) is 22.0 Å². The molecule has 0 aliphatic heterocycles. The number of fused-ring (bicyclic) bond motifs is 1. The normalized spacial score (nSPS) is 10.6. The summed E-state index contributed by atoms with van der Waals surface area (Å²) in [6.45, 7) is 0. The Bertz CT molecular complexity index is 923. The second-order valence-electron chi connectivity index (χ2n) is 5.09. The zero-order valence-electron chi connectivity index (χ0n) is 13.1. The van der Waals surface area contributed by atoms with Crippen LogP contribution in [-0.4, -0.2) is 24.1 Å². The van der Waals surface area contributed by atoms with Crippen molar-refractivity contribution in [3.8, 4) is 22.8 Å². The number of nitro groups is 1. The fourth-order valence-corrected chi connectivity index (χ4v) is 2.56. The number of ether oxygens (including phenoxy) is 2. The summed E-state index contributed by atoms with van der Waals surface area (Å²) in [7, 11) is 3.07. The second-order valence-corrected chi connectivity index (χ2v) is 5.09. The molecule has 0 fully saturated rings. The smallest absolute Gasteiger partial charge is 0.303 e. The molecule has 0 radical (unpaired) electrons. The standard InChI is InChI=1S/C17H15N3O4/c1-23-11-5-3-10(4-6-11)15-16(20(21)22)13-8-7-12(24-2)9-14(13)17(18)19-15/h3-9H,1-2H3,(H2,18,19). The highest BCUT2D eigenvalue weighted by Gasteiger charge is 2.23. The van der Waals surface area contributed by atoms with Gasteiger partial charge in [-0.2, -0.15) is 0 Å². The van der Waals surface area contributed by atoms with Crippen molar-refractivity contribution >= 4 is 22.3 Å². The SMILES string of the molecule is COc1ccc(-c2nc(N)c3cc(OC)ccc3c2[N+](=O)[O-])cc1. The molecule has 122 valence electrons. The van der Waals surface area contributed by atoms with Gasteiger partial charge in [-0.3, -0.25) is 10.1 Å². The maximum atomic E-state index is 11.7. The zero-order chi connectivity index (χ0) is 17.3. The number of methoxy groups -OCH3 is 2. The first kappa shape index (κ1) is 15.5. The maximum Gasteiger partial charge on any atom is 0.303 e. The van der Waals surface area contributed by atoms with E-state index in [0.29, 0.717) is 27.8 Å². The van der Waals surface area contributed by atoms with E-state index in [1.54, 1.807) is 49.6 Å². The molecule has 0 bridgehead atoms. The largest absolute Gasteiger partial charge is 0.497 e. The van der Waals surface area contributed by atoms with E-state index in [0.717, 1.165) is 0 Å². The number of pyridine rings is 1. The number of anilines is 1. The van der Waals surface area contributed by atoms with Gasteiger partial charge in [0.15, 0.2) is 5.69 Å². The highest BCUT2D eigenvalue weighted by atomic mass is 16.6. The maximum absolute atomic E-state index is 11.7. The minimum Gasteiger partial charge on any atom is -0.497 e. The van der Waals surface area contributed by atoms with Crippen LogP contribution >= 0.6 is 0 Å². The Labute approximate surface area is 137 Å². The van der Waals surface area contributed by atoms with Crippen LogP contribution in [-0.2, 0) is 0 Å². The Balaban J connectivity index is 2.31. The molecular formula is C17H15N3O4. The van der Waals surface area contributed by atoms with Gasteiger partial charge in [-0.05, 0) is 42.5 Å². The summed E-state index contributed by atoms with van der Waals surface area (Å²) in [4.78, 5) is 15.5.